The highest BCUT2D eigenvalue weighted by molar-refractivity contribution is 8.02. The second kappa shape index (κ2) is 6.03. The summed E-state index contributed by atoms with van der Waals surface area (Å²) in [7, 11) is 2.69. The molecule has 1 aromatic rings. The van der Waals surface area contributed by atoms with Gasteiger partial charge in [0, 0.05) is 10.4 Å². The number of rotatable bonds is 2. The summed E-state index contributed by atoms with van der Waals surface area (Å²) >= 11 is 1.84. The number of thioether (sulfide) groups is 1. The van der Waals surface area contributed by atoms with Crippen molar-refractivity contribution >= 4 is 33.4 Å². The fourth-order valence-corrected chi connectivity index (χ4v) is 1.73. The van der Waals surface area contributed by atoms with Crippen molar-refractivity contribution < 1.29 is 0 Å². The van der Waals surface area contributed by atoms with Crippen molar-refractivity contribution in [1.82, 2.24) is 0 Å². The van der Waals surface area contributed by atoms with Crippen molar-refractivity contribution in [2.24, 2.45) is 0 Å². The zero-order valence-corrected chi connectivity index (χ0v) is 8.28. The minimum absolute atomic E-state index is 0. The number of hydrogen-bond donors (Lipinski definition) is 0. The first-order chi connectivity index (χ1) is 4.43. The SMILES string of the molecule is Cl.PCSc1ccccc1. The van der Waals surface area contributed by atoms with E-state index in [9.17, 15) is 0 Å². The van der Waals surface area contributed by atoms with E-state index < -0.39 is 0 Å². The average molecular weight is 193 g/mol. The molecule has 1 rings (SSSR count). The highest BCUT2D eigenvalue weighted by atomic mass is 35.5. The van der Waals surface area contributed by atoms with Crippen LogP contribution >= 0.6 is 33.4 Å². The Labute approximate surface area is 74.4 Å². The molecule has 1 unspecified atom stereocenters. The molecule has 3 heteroatoms. The van der Waals surface area contributed by atoms with Gasteiger partial charge in [0.1, 0.15) is 0 Å². The van der Waals surface area contributed by atoms with Crippen molar-refractivity contribution in [3.63, 3.8) is 0 Å². The van der Waals surface area contributed by atoms with Gasteiger partial charge in [0.05, 0.1) is 0 Å². The lowest BCUT2D eigenvalue weighted by molar-refractivity contribution is 1.47. The Morgan fingerprint density at radius 3 is 2.30 bits per heavy atom. The predicted molar refractivity (Wildman–Crippen MR) is 54.1 cm³/mol. The van der Waals surface area contributed by atoms with Crippen LogP contribution in [0, 0.1) is 0 Å². The molecule has 0 amide bonds. The van der Waals surface area contributed by atoms with E-state index in [1.165, 1.54) is 4.90 Å². The Balaban J connectivity index is 0.000000810. The molecule has 0 radical (unpaired) electrons. The molecule has 1 aromatic carbocycles. The molecule has 0 saturated heterocycles. The Kier molecular flexibility index (Phi) is 6.20. The highest BCUT2D eigenvalue weighted by Crippen LogP contribution is 2.18. The molecule has 56 valence electrons. The summed E-state index contributed by atoms with van der Waals surface area (Å²) in [5, 5.41) is 0. The van der Waals surface area contributed by atoms with E-state index in [1.54, 1.807) is 0 Å². The van der Waals surface area contributed by atoms with Gasteiger partial charge >= 0.3 is 0 Å². The monoisotopic (exact) mass is 192 g/mol. The normalized spacial score (nSPS) is 8.50. The Hall–Kier alpha value is 0.290. The molecule has 0 aliphatic heterocycles. The molecule has 1 atom stereocenters. The Bertz CT molecular complexity index is 167. The molecule has 0 nitrogen and oxygen atoms in total. The molecule has 0 aliphatic rings. The van der Waals surface area contributed by atoms with Gasteiger partial charge in [-0.05, 0) is 12.1 Å². The summed E-state index contributed by atoms with van der Waals surface area (Å²) in [6.07, 6.45) is 0. The fraction of sp³-hybridized carbons (Fsp3) is 0.143. The van der Waals surface area contributed by atoms with Crippen molar-refractivity contribution in [2.45, 2.75) is 4.90 Å². The molecule has 10 heavy (non-hydrogen) atoms. The van der Waals surface area contributed by atoms with Gasteiger partial charge in [-0.3, -0.25) is 0 Å². The smallest absolute Gasteiger partial charge is 0.0126 e. The molecular formula is C7H10ClPS. The summed E-state index contributed by atoms with van der Waals surface area (Å²) in [5.74, 6) is 0. The maximum Gasteiger partial charge on any atom is 0.0126 e. The van der Waals surface area contributed by atoms with Crippen LogP contribution in [0.3, 0.4) is 0 Å². The fourth-order valence-electron chi connectivity index (χ4n) is 0.613. The summed E-state index contributed by atoms with van der Waals surface area (Å²) < 4.78 is 0. The zero-order chi connectivity index (χ0) is 6.53. The molecule has 0 spiro atoms. The highest BCUT2D eigenvalue weighted by Gasteiger charge is 1.84. The topological polar surface area (TPSA) is 0 Å². The van der Waals surface area contributed by atoms with E-state index in [4.69, 9.17) is 0 Å². The van der Waals surface area contributed by atoms with Gasteiger partial charge in [-0.2, -0.15) is 0 Å². The summed E-state index contributed by atoms with van der Waals surface area (Å²) in [6.45, 7) is 0. The van der Waals surface area contributed by atoms with E-state index in [1.807, 2.05) is 17.8 Å². The standard InChI is InChI=1S/C7H9PS.ClH/c8-6-9-7-4-2-1-3-5-7;/h1-5H,6,8H2;1H. The number of hydrogen-bond acceptors (Lipinski definition) is 1. The maximum absolute atomic E-state index is 2.69. The van der Waals surface area contributed by atoms with Gasteiger partial charge in [0.25, 0.3) is 0 Å². The molecule has 0 bridgehead atoms. The van der Waals surface area contributed by atoms with Crippen LogP contribution in [0.4, 0.5) is 0 Å². The molecule has 0 heterocycles. The van der Waals surface area contributed by atoms with E-state index in [0.717, 1.165) is 5.49 Å². The van der Waals surface area contributed by atoms with E-state index >= 15 is 0 Å². The van der Waals surface area contributed by atoms with Crippen LogP contribution in [-0.4, -0.2) is 5.49 Å². The first-order valence-electron chi connectivity index (χ1n) is 2.81. The number of halogens is 1. The second-order valence-electron chi connectivity index (χ2n) is 1.62. The van der Waals surface area contributed by atoms with Gasteiger partial charge in [-0.1, -0.05) is 18.2 Å². The van der Waals surface area contributed by atoms with Crippen molar-refractivity contribution in [2.75, 3.05) is 5.49 Å². The average Bonchev–Trinajstić information content (AvgIpc) is 1.91. The zero-order valence-electron chi connectivity index (χ0n) is 5.49. The van der Waals surface area contributed by atoms with E-state index in [-0.39, 0.29) is 12.4 Å². The molecule has 0 N–H and O–H groups in total. The van der Waals surface area contributed by atoms with Gasteiger partial charge < -0.3 is 0 Å². The molecular weight excluding hydrogens is 183 g/mol. The lowest BCUT2D eigenvalue weighted by Crippen LogP contribution is -1.66. The lowest BCUT2D eigenvalue weighted by atomic mass is 10.4. The molecule has 0 aromatic heterocycles. The maximum atomic E-state index is 2.69. The summed E-state index contributed by atoms with van der Waals surface area (Å²) in [5.41, 5.74) is 1.07. The van der Waals surface area contributed by atoms with Crippen LogP contribution in [0.5, 0.6) is 0 Å². The van der Waals surface area contributed by atoms with Crippen LogP contribution in [0.25, 0.3) is 0 Å². The first kappa shape index (κ1) is 10.3. The largest absolute Gasteiger partial charge is 0.147 e. The lowest BCUT2D eigenvalue weighted by Gasteiger charge is -1.93. The Morgan fingerprint density at radius 1 is 1.20 bits per heavy atom. The van der Waals surface area contributed by atoms with Crippen LogP contribution < -0.4 is 0 Å². The summed E-state index contributed by atoms with van der Waals surface area (Å²) in [4.78, 5) is 1.34. The van der Waals surface area contributed by atoms with Gasteiger partial charge in [0.2, 0.25) is 0 Å². The molecule has 0 aliphatic carbocycles. The molecule has 0 saturated carbocycles. The van der Waals surface area contributed by atoms with Crippen LogP contribution in [-0.2, 0) is 0 Å². The quantitative estimate of drug-likeness (QED) is 0.513. The van der Waals surface area contributed by atoms with Gasteiger partial charge in [-0.15, -0.1) is 33.4 Å². The van der Waals surface area contributed by atoms with Crippen molar-refractivity contribution in [3.05, 3.63) is 30.3 Å². The second-order valence-corrected chi connectivity index (χ2v) is 3.72. The van der Waals surface area contributed by atoms with Crippen LogP contribution in [0.1, 0.15) is 0 Å². The minimum atomic E-state index is 0. The van der Waals surface area contributed by atoms with E-state index in [0.29, 0.717) is 0 Å². The van der Waals surface area contributed by atoms with Gasteiger partial charge in [0.15, 0.2) is 0 Å². The molecule has 0 fully saturated rings. The first-order valence-corrected chi connectivity index (χ1v) is 4.61. The number of benzene rings is 1. The van der Waals surface area contributed by atoms with Gasteiger partial charge in [-0.25, -0.2) is 0 Å². The third-order valence-electron chi connectivity index (χ3n) is 0.993. The predicted octanol–water partition coefficient (Wildman–Crippen LogP) is 3.03. The van der Waals surface area contributed by atoms with E-state index in [2.05, 4.69) is 33.5 Å². The minimum Gasteiger partial charge on any atom is -0.147 e. The van der Waals surface area contributed by atoms with Crippen LogP contribution in [0.2, 0.25) is 0 Å². The van der Waals surface area contributed by atoms with Crippen molar-refractivity contribution in [1.29, 1.82) is 0 Å². The third kappa shape index (κ3) is 3.46. The summed E-state index contributed by atoms with van der Waals surface area (Å²) in [6, 6.07) is 10.4. The van der Waals surface area contributed by atoms with Crippen molar-refractivity contribution in [3.8, 4) is 0 Å². The third-order valence-corrected chi connectivity index (χ3v) is 2.27. The Morgan fingerprint density at radius 2 is 1.80 bits per heavy atom. The van der Waals surface area contributed by atoms with Crippen LogP contribution in [0.15, 0.2) is 35.2 Å².